The highest BCUT2D eigenvalue weighted by molar-refractivity contribution is 5.92. The van der Waals surface area contributed by atoms with Crippen molar-refractivity contribution in [3.63, 3.8) is 0 Å². The average molecular weight is 336 g/mol. The molecule has 2 aromatic rings. The van der Waals surface area contributed by atoms with Gasteiger partial charge in [-0.15, -0.1) is 0 Å². The Hall–Kier alpha value is -3.36. The second-order valence-corrected chi connectivity index (χ2v) is 4.56. The zero-order valence-corrected chi connectivity index (χ0v) is 12.0. The van der Waals surface area contributed by atoms with Crippen molar-refractivity contribution < 1.29 is 28.0 Å². The highest BCUT2D eigenvalue weighted by Crippen LogP contribution is 2.27. The summed E-state index contributed by atoms with van der Waals surface area (Å²) in [5.41, 5.74) is -0.806. The summed E-state index contributed by atoms with van der Waals surface area (Å²) >= 11 is 0. The van der Waals surface area contributed by atoms with Gasteiger partial charge in [0.2, 0.25) is 0 Å². The summed E-state index contributed by atoms with van der Waals surface area (Å²) in [6.45, 7) is -0.669. The maximum atomic E-state index is 13.4. The summed E-state index contributed by atoms with van der Waals surface area (Å²) < 4.78 is 31.4. The molecule has 124 valence electrons. The lowest BCUT2D eigenvalue weighted by Gasteiger charge is -2.09. The fourth-order valence-corrected chi connectivity index (χ4v) is 1.80. The molecular weight excluding hydrogens is 326 g/mol. The second kappa shape index (κ2) is 7.27. The molecule has 0 bridgehead atoms. The predicted octanol–water partition coefficient (Wildman–Crippen LogP) is 2.70. The number of nitrogens with one attached hydrogen (secondary N) is 1. The third kappa shape index (κ3) is 4.09. The van der Waals surface area contributed by atoms with E-state index in [1.807, 2.05) is 0 Å². The topological polar surface area (TPSA) is 98.5 Å². The van der Waals surface area contributed by atoms with E-state index in [1.165, 1.54) is 6.07 Å². The first kappa shape index (κ1) is 17.0. The second-order valence-electron chi connectivity index (χ2n) is 4.56. The van der Waals surface area contributed by atoms with Gasteiger partial charge in [-0.05, 0) is 24.3 Å². The number of nitrogens with zero attached hydrogens (tertiary/aromatic N) is 1. The maximum absolute atomic E-state index is 13.4. The summed E-state index contributed by atoms with van der Waals surface area (Å²) in [4.78, 5) is 32.5. The highest BCUT2D eigenvalue weighted by Gasteiger charge is 2.17. The van der Waals surface area contributed by atoms with Gasteiger partial charge in [-0.25, -0.2) is 8.78 Å². The van der Waals surface area contributed by atoms with E-state index < -0.39 is 34.8 Å². The number of aldehydes is 1. The lowest BCUT2D eigenvalue weighted by molar-refractivity contribution is -0.385. The monoisotopic (exact) mass is 336 g/mol. The zero-order chi connectivity index (χ0) is 17.7. The van der Waals surface area contributed by atoms with Crippen molar-refractivity contribution in [1.29, 1.82) is 0 Å². The van der Waals surface area contributed by atoms with E-state index in [4.69, 9.17) is 4.74 Å². The van der Waals surface area contributed by atoms with Gasteiger partial charge in [0.15, 0.2) is 12.4 Å². The minimum Gasteiger partial charge on any atom is -0.477 e. The van der Waals surface area contributed by atoms with Crippen molar-refractivity contribution in [2.24, 2.45) is 0 Å². The van der Waals surface area contributed by atoms with Crippen LogP contribution in [0.2, 0.25) is 0 Å². The molecule has 7 nitrogen and oxygen atoms in total. The van der Waals surface area contributed by atoms with Crippen LogP contribution < -0.4 is 10.1 Å². The summed E-state index contributed by atoms with van der Waals surface area (Å²) in [6, 6.07) is 5.95. The fourth-order valence-electron chi connectivity index (χ4n) is 1.80. The van der Waals surface area contributed by atoms with E-state index >= 15 is 0 Å². The van der Waals surface area contributed by atoms with Crippen molar-refractivity contribution in [3.05, 3.63) is 63.7 Å². The number of rotatable bonds is 6. The van der Waals surface area contributed by atoms with Crippen molar-refractivity contribution in [2.45, 2.75) is 0 Å². The standard InChI is InChI=1S/C15H10F2N2O5/c16-10-2-3-11(17)12(6-10)18-15(21)8-24-14-4-1-9(7-20)5-13(14)19(22)23/h1-7H,8H2,(H,18,21). The van der Waals surface area contributed by atoms with Gasteiger partial charge in [-0.1, -0.05) is 0 Å². The number of benzene rings is 2. The molecule has 1 N–H and O–H groups in total. The van der Waals surface area contributed by atoms with E-state index in [9.17, 15) is 28.5 Å². The quantitative estimate of drug-likeness (QED) is 0.497. The molecule has 1 amide bonds. The number of hydrogen-bond acceptors (Lipinski definition) is 5. The maximum Gasteiger partial charge on any atom is 0.311 e. The molecule has 2 aromatic carbocycles. The molecule has 0 atom stereocenters. The molecule has 0 aliphatic rings. The third-order valence-corrected chi connectivity index (χ3v) is 2.88. The third-order valence-electron chi connectivity index (χ3n) is 2.88. The van der Waals surface area contributed by atoms with Crippen LogP contribution in [-0.4, -0.2) is 23.7 Å². The molecule has 0 saturated carbocycles. The number of hydrogen-bond donors (Lipinski definition) is 1. The molecule has 0 saturated heterocycles. The van der Waals surface area contributed by atoms with Gasteiger partial charge in [0.05, 0.1) is 10.6 Å². The van der Waals surface area contributed by atoms with Crippen molar-refractivity contribution in [2.75, 3.05) is 11.9 Å². The minimum atomic E-state index is -0.842. The number of carbonyl (C=O) groups excluding carboxylic acids is 2. The van der Waals surface area contributed by atoms with Crippen LogP contribution >= 0.6 is 0 Å². The molecule has 0 aromatic heterocycles. The van der Waals surface area contributed by atoms with Crippen LogP contribution in [0.15, 0.2) is 36.4 Å². The molecule has 2 rings (SSSR count). The first-order valence-corrected chi connectivity index (χ1v) is 6.52. The average Bonchev–Trinajstić information content (AvgIpc) is 2.56. The number of amides is 1. The first-order chi connectivity index (χ1) is 11.4. The predicted molar refractivity (Wildman–Crippen MR) is 79.0 cm³/mol. The van der Waals surface area contributed by atoms with E-state index in [-0.39, 0.29) is 17.0 Å². The molecule has 0 heterocycles. The molecular formula is C15H10F2N2O5. The van der Waals surface area contributed by atoms with Gasteiger partial charge in [0.25, 0.3) is 5.91 Å². The Labute approximate surface area is 134 Å². The summed E-state index contributed by atoms with van der Waals surface area (Å²) in [7, 11) is 0. The van der Waals surface area contributed by atoms with Crippen molar-refractivity contribution >= 4 is 23.6 Å². The molecule has 0 spiro atoms. The number of carbonyl (C=O) groups is 2. The van der Waals surface area contributed by atoms with E-state index in [0.717, 1.165) is 30.3 Å². The summed E-state index contributed by atoms with van der Waals surface area (Å²) in [5, 5.41) is 13.0. The van der Waals surface area contributed by atoms with E-state index in [1.54, 1.807) is 0 Å². The number of ether oxygens (including phenoxy) is 1. The molecule has 0 unspecified atom stereocenters. The summed E-state index contributed by atoms with van der Waals surface area (Å²) in [6.07, 6.45) is 0.427. The van der Waals surface area contributed by atoms with Crippen LogP contribution in [0.3, 0.4) is 0 Å². The lowest BCUT2D eigenvalue weighted by Crippen LogP contribution is -2.21. The fraction of sp³-hybridized carbons (Fsp3) is 0.0667. The molecule has 0 aliphatic heterocycles. The van der Waals surface area contributed by atoms with Gasteiger partial charge >= 0.3 is 5.69 Å². The normalized spacial score (nSPS) is 10.1. The van der Waals surface area contributed by atoms with Crippen LogP contribution in [0.1, 0.15) is 10.4 Å². The SMILES string of the molecule is O=Cc1ccc(OCC(=O)Nc2cc(F)ccc2F)c([N+](=O)[O-])c1. The Morgan fingerprint density at radius 2 is 2.00 bits per heavy atom. The van der Waals surface area contributed by atoms with Gasteiger partial charge in [-0.3, -0.25) is 19.7 Å². The van der Waals surface area contributed by atoms with E-state index in [2.05, 4.69) is 5.32 Å². The number of nitro benzene ring substituents is 1. The first-order valence-electron chi connectivity index (χ1n) is 6.52. The van der Waals surface area contributed by atoms with Gasteiger partial charge in [-0.2, -0.15) is 0 Å². The number of halogens is 2. The number of nitro groups is 1. The van der Waals surface area contributed by atoms with Gasteiger partial charge in [0, 0.05) is 17.7 Å². The smallest absolute Gasteiger partial charge is 0.311 e. The Bertz CT molecular complexity index is 810. The molecule has 0 aliphatic carbocycles. The Kier molecular flexibility index (Phi) is 5.15. The molecule has 9 heteroatoms. The largest absolute Gasteiger partial charge is 0.477 e. The van der Waals surface area contributed by atoms with E-state index in [0.29, 0.717) is 6.29 Å². The minimum absolute atomic E-state index is 0.0698. The molecule has 24 heavy (non-hydrogen) atoms. The van der Waals surface area contributed by atoms with Gasteiger partial charge < -0.3 is 10.1 Å². The Balaban J connectivity index is 2.07. The van der Waals surface area contributed by atoms with Crippen LogP contribution in [0.4, 0.5) is 20.2 Å². The Morgan fingerprint density at radius 1 is 1.25 bits per heavy atom. The zero-order valence-electron chi connectivity index (χ0n) is 12.0. The van der Waals surface area contributed by atoms with Crippen LogP contribution in [-0.2, 0) is 4.79 Å². The molecule has 0 fully saturated rings. The molecule has 0 radical (unpaired) electrons. The van der Waals surface area contributed by atoms with Crippen LogP contribution in [0.5, 0.6) is 5.75 Å². The summed E-state index contributed by atoms with van der Waals surface area (Å²) in [5.74, 6) is -2.66. The van der Waals surface area contributed by atoms with Crippen LogP contribution in [0.25, 0.3) is 0 Å². The van der Waals surface area contributed by atoms with Crippen molar-refractivity contribution in [1.82, 2.24) is 0 Å². The lowest BCUT2D eigenvalue weighted by atomic mass is 10.2. The van der Waals surface area contributed by atoms with Gasteiger partial charge in [0.1, 0.15) is 17.9 Å². The highest BCUT2D eigenvalue weighted by atomic mass is 19.1. The van der Waals surface area contributed by atoms with Crippen LogP contribution in [0, 0.1) is 21.7 Å². The van der Waals surface area contributed by atoms with Crippen molar-refractivity contribution in [3.8, 4) is 5.75 Å². The Morgan fingerprint density at radius 3 is 2.67 bits per heavy atom. The number of anilines is 1.